The van der Waals surface area contributed by atoms with Crippen molar-refractivity contribution in [3.05, 3.63) is 54.4 Å². The van der Waals surface area contributed by atoms with Gasteiger partial charge in [0, 0.05) is 56.6 Å². The Balaban J connectivity index is 1.30. The van der Waals surface area contributed by atoms with Crippen LogP contribution >= 0.6 is 0 Å². The molecule has 0 spiro atoms. The molecule has 1 aromatic carbocycles. The molecular weight excluding hydrogens is 392 g/mol. The van der Waals surface area contributed by atoms with Crippen LogP contribution in [-0.2, 0) is 6.54 Å². The summed E-state index contributed by atoms with van der Waals surface area (Å²) < 4.78 is 7.77. The lowest BCUT2D eigenvalue weighted by Gasteiger charge is -2.26. The van der Waals surface area contributed by atoms with Crippen molar-refractivity contribution < 1.29 is 9.53 Å². The van der Waals surface area contributed by atoms with Crippen molar-refractivity contribution in [1.82, 2.24) is 30.3 Å². The number of pyridine rings is 1. The molecule has 2 aromatic heterocycles. The largest absolute Gasteiger partial charge is 0.492 e. The van der Waals surface area contributed by atoms with E-state index in [-0.39, 0.29) is 5.91 Å². The number of benzene rings is 1. The molecule has 31 heavy (non-hydrogen) atoms. The smallest absolute Gasteiger partial charge is 0.269 e. The molecule has 0 radical (unpaired) electrons. The first kappa shape index (κ1) is 19.7. The summed E-state index contributed by atoms with van der Waals surface area (Å²) in [5.41, 5.74) is 4.15. The Morgan fingerprint density at radius 3 is 2.71 bits per heavy atom. The Morgan fingerprint density at radius 2 is 1.84 bits per heavy atom. The molecule has 2 aliphatic heterocycles. The third-order valence-corrected chi connectivity index (χ3v) is 5.69. The molecule has 2 N–H and O–H groups in total. The lowest BCUT2D eigenvalue weighted by atomic mass is 10.1. The van der Waals surface area contributed by atoms with Crippen molar-refractivity contribution in [2.75, 3.05) is 45.9 Å². The Kier molecular flexibility index (Phi) is 5.64. The fraction of sp³-hybridized carbons (Fsp3) is 0.348. The average Bonchev–Trinajstić information content (AvgIpc) is 3.26. The molecular formula is C23H26N6O2. The molecule has 8 nitrogen and oxygen atoms in total. The first-order chi connectivity index (χ1) is 15.3. The minimum atomic E-state index is -0.0788. The molecule has 8 heteroatoms. The number of ether oxygens (including phenoxy) is 1. The fourth-order valence-electron chi connectivity index (χ4n) is 4.00. The van der Waals surface area contributed by atoms with E-state index in [9.17, 15) is 4.79 Å². The highest BCUT2D eigenvalue weighted by molar-refractivity contribution is 5.94. The number of nitrogens with one attached hydrogen (secondary N) is 2. The van der Waals surface area contributed by atoms with Crippen LogP contribution < -0.4 is 15.4 Å². The van der Waals surface area contributed by atoms with E-state index in [1.165, 1.54) is 0 Å². The fourth-order valence-corrected chi connectivity index (χ4v) is 4.00. The van der Waals surface area contributed by atoms with Crippen molar-refractivity contribution in [2.45, 2.75) is 6.54 Å². The maximum atomic E-state index is 12.0. The molecule has 3 aromatic rings. The average molecular weight is 419 g/mol. The third-order valence-electron chi connectivity index (χ3n) is 5.69. The summed E-state index contributed by atoms with van der Waals surface area (Å²) in [4.78, 5) is 19.0. The molecule has 160 valence electrons. The van der Waals surface area contributed by atoms with E-state index in [0.717, 1.165) is 61.0 Å². The van der Waals surface area contributed by atoms with Gasteiger partial charge in [-0.3, -0.25) is 19.4 Å². The van der Waals surface area contributed by atoms with E-state index in [1.54, 1.807) is 10.9 Å². The number of piperazine rings is 1. The van der Waals surface area contributed by atoms with E-state index in [1.807, 2.05) is 42.5 Å². The van der Waals surface area contributed by atoms with Crippen LogP contribution in [0.4, 0.5) is 0 Å². The van der Waals surface area contributed by atoms with Crippen LogP contribution in [0, 0.1) is 0 Å². The lowest BCUT2D eigenvalue weighted by molar-refractivity contribution is 0.0924. The van der Waals surface area contributed by atoms with Gasteiger partial charge in [-0.15, -0.1) is 0 Å². The molecule has 4 heterocycles. The topological polar surface area (TPSA) is 84.3 Å². The summed E-state index contributed by atoms with van der Waals surface area (Å²) in [7, 11) is 0. The van der Waals surface area contributed by atoms with E-state index in [0.29, 0.717) is 25.4 Å². The zero-order valence-corrected chi connectivity index (χ0v) is 17.4. The Hall–Kier alpha value is -3.23. The van der Waals surface area contributed by atoms with Gasteiger partial charge in [-0.1, -0.05) is 12.1 Å². The number of carbonyl (C=O) groups is 1. The monoisotopic (exact) mass is 418 g/mol. The maximum Gasteiger partial charge on any atom is 0.269 e. The summed E-state index contributed by atoms with van der Waals surface area (Å²) >= 11 is 0. The van der Waals surface area contributed by atoms with Crippen molar-refractivity contribution in [3.63, 3.8) is 0 Å². The molecule has 0 unspecified atom stereocenters. The number of rotatable bonds is 6. The van der Waals surface area contributed by atoms with Gasteiger partial charge in [0.25, 0.3) is 5.91 Å². The van der Waals surface area contributed by atoms with Crippen molar-refractivity contribution in [3.8, 4) is 28.3 Å². The van der Waals surface area contributed by atoms with Gasteiger partial charge in [0.05, 0.1) is 17.9 Å². The second kappa shape index (κ2) is 8.87. The molecule has 0 atom stereocenters. The SMILES string of the molecule is O=C1NCCn2nc(-c3ccnc(-c4cccc(OCCN5CCNCC5)c4)c3)cc21. The minimum Gasteiger partial charge on any atom is -0.492 e. The normalized spacial score (nSPS) is 16.6. The second-order valence-electron chi connectivity index (χ2n) is 7.79. The van der Waals surface area contributed by atoms with Gasteiger partial charge in [0.2, 0.25) is 0 Å². The zero-order valence-electron chi connectivity index (χ0n) is 17.4. The lowest BCUT2D eigenvalue weighted by Crippen LogP contribution is -2.44. The van der Waals surface area contributed by atoms with Crippen molar-refractivity contribution in [2.24, 2.45) is 0 Å². The Morgan fingerprint density at radius 1 is 0.968 bits per heavy atom. The van der Waals surface area contributed by atoms with Crippen LogP contribution in [0.15, 0.2) is 48.7 Å². The number of fused-ring (bicyclic) bond motifs is 1. The van der Waals surface area contributed by atoms with Crippen molar-refractivity contribution >= 4 is 5.91 Å². The van der Waals surface area contributed by atoms with Crippen LogP contribution in [0.1, 0.15) is 10.5 Å². The van der Waals surface area contributed by atoms with Gasteiger partial charge in [-0.2, -0.15) is 5.10 Å². The van der Waals surface area contributed by atoms with Gasteiger partial charge in [-0.25, -0.2) is 0 Å². The minimum absolute atomic E-state index is 0.0788. The number of amides is 1. The summed E-state index contributed by atoms with van der Waals surface area (Å²) in [6, 6.07) is 13.8. The summed E-state index contributed by atoms with van der Waals surface area (Å²) in [5, 5.41) is 10.8. The van der Waals surface area contributed by atoms with Crippen LogP contribution in [0.25, 0.3) is 22.5 Å². The number of nitrogens with zero attached hydrogens (tertiary/aromatic N) is 4. The summed E-state index contributed by atoms with van der Waals surface area (Å²) in [5.74, 6) is 0.763. The second-order valence-corrected chi connectivity index (χ2v) is 7.79. The summed E-state index contributed by atoms with van der Waals surface area (Å²) in [6.07, 6.45) is 1.78. The predicted octanol–water partition coefficient (Wildman–Crippen LogP) is 1.64. The molecule has 1 fully saturated rings. The first-order valence-electron chi connectivity index (χ1n) is 10.7. The Labute approximate surface area is 181 Å². The number of carbonyl (C=O) groups excluding carboxylic acids is 1. The maximum absolute atomic E-state index is 12.0. The number of aromatic nitrogens is 3. The quantitative estimate of drug-likeness (QED) is 0.633. The van der Waals surface area contributed by atoms with Crippen LogP contribution in [0.2, 0.25) is 0 Å². The molecule has 0 bridgehead atoms. The summed E-state index contributed by atoms with van der Waals surface area (Å²) in [6.45, 7) is 7.11. The highest BCUT2D eigenvalue weighted by Gasteiger charge is 2.20. The zero-order chi connectivity index (χ0) is 21.0. The van der Waals surface area contributed by atoms with Gasteiger partial charge >= 0.3 is 0 Å². The molecule has 0 aliphatic carbocycles. The van der Waals surface area contributed by atoms with Gasteiger partial charge in [-0.05, 0) is 30.3 Å². The molecule has 5 rings (SSSR count). The standard InChI is InChI=1S/C23H26N6O2/c30-23-22-16-21(27-29(22)11-8-26-23)18-4-5-25-20(15-18)17-2-1-3-19(14-17)31-13-12-28-9-6-24-7-10-28/h1-5,14-16,24H,6-13H2,(H,26,30). The van der Waals surface area contributed by atoms with Crippen LogP contribution in [0.3, 0.4) is 0 Å². The van der Waals surface area contributed by atoms with Gasteiger partial charge in [0.15, 0.2) is 0 Å². The van der Waals surface area contributed by atoms with E-state index in [2.05, 4.69) is 25.6 Å². The molecule has 0 saturated carbocycles. The van der Waals surface area contributed by atoms with E-state index >= 15 is 0 Å². The van der Waals surface area contributed by atoms with Gasteiger partial charge < -0.3 is 15.4 Å². The van der Waals surface area contributed by atoms with Gasteiger partial charge in [0.1, 0.15) is 18.1 Å². The Bertz CT molecular complexity index is 1070. The van der Waals surface area contributed by atoms with E-state index < -0.39 is 0 Å². The number of hydrogen-bond acceptors (Lipinski definition) is 6. The molecule has 1 amide bonds. The predicted molar refractivity (Wildman–Crippen MR) is 118 cm³/mol. The van der Waals surface area contributed by atoms with Crippen LogP contribution in [0.5, 0.6) is 5.75 Å². The molecule has 2 aliphatic rings. The van der Waals surface area contributed by atoms with Crippen LogP contribution in [-0.4, -0.2) is 71.4 Å². The number of hydrogen-bond donors (Lipinski definition) is 2. The van der Waals surface area contributed by atoms with Crippen molar-refractivity contribution in [1.29, 1.82) is 0 Å². The highest BCUT2D eigenvalue weighted by atomic mass is 16.5. The highest BCUT2D eigenvalue weighted by Crippen LogP contribution is 2.27. The first-order valence-corrected chi connectivity index (χ1v) is 10.7. The molecule has 1 saturated heterocycles. The van der Waals surface area contributed by atoms with E-state index in [4.69, 9.17) is 4.74 Å². The third kappa shape index (κ3) is 4.45.